The summed E-state index contributed by atoms with van der Waals surface area (Å²) in [6.45, 7) is 3.28. The zero-order chi connectivity index (χ0) is 20.3. The zero-order valence-electron chi connectivity index (χ0n) is 16.7. The number of halogens is 1. The summed E-state index contributed by atoms with van der Waals surface area (Å²) >= 11 is 0. The van der Waals surface area contributed by atoms with Crippen molar-refractivity contribution in [3.63, 3.8) is 0 Å². The Labute approximate surface area is 168 Å². The van der Waals surface area contributed by atoms with E-state index in [1.807, 2.05) is 16.6 Å². The first kappa shape index (κ1) is 18.1. The lowest BCUT2D eigenvalue weighted by Crippen LogP contribution is -2.41. The molecule has 29 heavy (non-hydrogen) atoms. The maximum Gasteiger partial charge on any atom is 0.322 e. The summed E-state index contributed by atoms with van der Waals surface area (Å²) < 4.78 is 15.3. The van der Waals surface area contributed by atoms with Crippen LogP contribution >= 0.6 is 0 Å². The van der Waals surface area contributed by atoms with E-state index >= 15 is 0 Å². The average Bonchev–Trinajstić information content (AvgIpc) is 3.42. The number of anilines is 1. The van der Waals surface area contributed by atoms with E-state index < -0.39 is 0 Å². The largest absolute Gasteiger partial charge is 0.335 e. The van der Waals surface area contributed by atoms with E-state index in [0.29, 0.717) is 36.5 Å². The molecule has 0 atom stereocenters. The molecule has 5 rings (SSSR count). The summed E-state index contributed by atoms with van der Waals surface area (Å²) in [4.78, 5) is 29.5. The van der Waals surface area contributed by atoms with Gasteiger partial charge in [0.2, 0.25) is 0 Å². The van der Waals surface area contributed by atoms with Crippen molar-refractivity contribution in [2.75, 3.05) is 18.9 Å². The molecule has 7 nitrogen and oxygen atoms in total. The fourth-order valence-electron chi connectivity index (χ4n) is 4.51. The standard InChI is InChI=1S/C21H24FN5O2/c1-13-11-14(3-4-16(13)22)23-20(29)26-9-5-17-15(12-26)18-19(28)25(2)21(6-7-21)8-10-27(18)24-17/h3-4,11H,5-10,12H2,1-2H3,(H,23,29). The lowest BCUT2D eigenvalue weighted by molar-refractivity contribution is 0.0707. The molecule has 1 spiro atoms. The van der Waals surface area contributed by atoms with Gasteiger partial charge in [-0.1, -0.05) is 0 Å². The maximum atomic E-state index is 13.5. The van der Waals surface area contributed by atoms with Crippen LogP contribution in [0.1, 0.15) is 46.6 Å². The normalized spacial score (nSPS) is 19.6. The quantitative estimate of drug-likeness (QED) is 0.804. The van der Waals surface area contributed by atoms with E-state index in [9.17, 15) is 14.0 Å². The van der Waals surface area contributed by atoms with Crippen LogP contribution in [-0.4, -0.2) is 50.6 Å². The first-order valence-corrected chi connectivity index (χ1v) is 10.1. The Kier molecular flexibility index (Phi) is 3.94. The number of nitrogens with one attached hydrogen (secondary N) is 1. The molecule has 8 heteroatoms. The van der Waals surface area contributed by atoms with Gasteiger partial charge < -0.3 is 15.1 Å². The van der Waals surface area contributed by atoms with Crippen LogP contribution in [0, 0.1) is 12.7 Å². The van der Waals surface area contributed by atoms with E-state index in [0.717, 1.165) is 37.1 Å². The molecule has 3 heterocycles. The summed E-state index contributed by atoms with van der Waals surface area (Å²) in [6, 6.07) is 4.26. The van der Waals surface area contributed by atoms with E-state index in [4.69, 9.17) is 5.10 Å². The Morgan fingerprint density at radius 3 is 2.76 bits per heavy atom. The predicted octanol–water partition coefficient (Wildman–Crippen LogP) is 2.93. The molecule has 1 aromatic heterocycles. The minimum absolute atomic E-state index is 0.00314. The number of fused-ring (bicyclic) bond motifs is 3. The minimum Gasteiger partial charge on any atom is -0.335 e. The van der Waals surface area contributed by atoms with Crippen LogP contribution in [0.2, 0.25) is 0 Å². The molecule has 1 aromatic carbocycles. The van der Waals surface area contributed by atoms with Gasteiger partial charge in [-0.15, -0.1) is 0 Å². The van der Waals surface area contributed by atoms with Gasteiger partial charge >= 0.3 is 6.03 Å². The molecule has 0 bridgehead atoms. The Morgan fingerprint density at radius 2 is 2.03 bits per heavy atom. The van der Waals surface area contributed by atoms with Crippen molar-refractivity contribution in [2.24, 2.45) is 0 Å². The van der Waals surface area contributed by atoms with Gasteiger partial charge in [0.15, 0.2) is 0 Å². The van der Waals surface area contributed by atoms with E-state index in [1.54, 1.807) is 24.0 Å². The number of hydrogen-bond donors (Lipinski definition) is 1. The Balaban J connectivity index is 1.38. The number of benzene rings is 1. The maximum absolute atomic E-state index is 13.5. The lowest BCUT2D eigenvalue weighted by Gasteiger charge is -2.28. The number of hydrogen-bond acceptors (Lipinski definition) is 3. The molecule has 1 fully saturated rings. The van der Waals surface area contributed by atoms with Crippen molar-refractivity contribution in [3.05, 3.63) is 46.5 Å². The molecule has 1 saturated carbocycles. The fourth-order valence-corrected chi connectivity index (χ4v) is 4.51. The summed E-state index contributed by atoms with van der Waals surface area (Å²) in [5, 5.41) is 7.53. The number of carbonyl (C=O) groups excluding carboxylic acids is 2. The Bertz CT molecular complexity index is 1030. The van der Waals surface area contributed by atoms with Crippen molar-refractivity contribution < 1.29 is 14.0 Å². The number of carbonyl (C=O) groups is 2. The molecule has 1 aliphatic carbocycles. The topological polar surface area (TPSA) is 70.5 Å². The van der Waals surface area contributed by atoms with Crippen LogP contribution in [0.25, 0.3) is 0 Å². The Hall–Kier alpha value is -2.90. The monoisotopic (exact) mass is 397 g/mol. The van der Waals surface area contributed by atoms with Crippen molar-refractivity contribution in [1.82, 2.24) is 19.6 Å². The van der Waals surface area contributed by atoms with Gasteiger partial charge in [0.25, 0.3) is 5.91 Å². The number of aromatic nitrogens is 2. The third-order valence-electron chi connectivity index (χ3n) is 6.63. The summed E-state index contributed by atoms with van der Waals surface area (Å²) in [6.07, 6.45) is 3.64. The van der Waals surface area contributed by atoms with Crippen molar-refractivity contribution in [2.45, 2.75) is 51.2 Å². The molecule has 3 aliphatic rings. The molecule has 3 amide bonds. The van der Waals surface area contributed by atoms with Gasteiger partial charge in [0.1, 0.15) is 11.5 Å². The molecule has 0 saturated heterocycles. The van der Waals surface area contributed by atoms with E-state index in [-0.39, 0.29) is 23.3 Å². The van der Waals surface area contributed by atoms with Gasteiger partial charge in [0.05, 0.1) is 12.2 Å². The van der Waals surface area contributed by atoms with Gasteiger partial charge in [-0.05, 0) is 49.9 Å². The number of nitrogens with zero attached hydrogens (tertiary/aromatic N) is 4. The molecular weight excluding hydrogens is 373 g/mol. The van der Waals surface area contributed by atoms with Crippen LogP contribution in [0.4, 0.5) is 14.9 Å². The highest BCUT2D eigenvalue weighted by Crippen LogP contribution is 2.46. The first-order valence-electron chi connectivity index (χ1n) is 10.1. The molecule has 1 N–H and O–H groups in total. The van der Waals surface area contributed by atoms with Gasteiger partial charge in [-0.25, -0.2) is 9.18 Å². The third-order valence-corrected chi connectivity index (χ3v) is 6.63. The highest BCUT2D eigenvalue weighted by molar-refractivity contribution is 5.96. The lowest BCUT2D eigenvalue weighted by atomic mass is 10.0. The highest BCUT2D eigenvalue weighted by atomic mass is 19.1. The number of urea groups is 1. The van der Waals surface area contributed by atoms with Crippen molar-refractivity contribution in [1.29, 1.82) is 0 Å². The average molecular weight is 397 g/mol. The smallest absolute Gasteiger partial charge is 0.322 e. The first-order chi connectivity index (χ1) is 13.9. The summed E-state index contributed by atoms with van der Waals surface area (Å²) in [5.41, 5.74) is 3.43. The van der Waals surface area contributed by atoms with Gasteiger partial charge in [-0.2, -0.15) is 5.10 Å². The predicted molar refractivity (Wildman–Crippen MR) is 105 cm³/mol. The van der Waals surface area contributed by atoms with Crippen molar-refractivity contribution >= 4 is 17.6 Å². The van der Waals surface area contributed by atoms with Crippen LogP contribution in [-0.2, 0) is 19.5 Å². The molecule has 2 aliphatic heterocycles. The van der Waals surface area contributed by atoms with Crippen LogP contribution < -0.4 is 5.32 Å². The molecule has 2 aromatic rings. The molecule has 0 unspecified atom stereocenters. The summed E-state index contributed by atoms with van der Waals surface area (Å²) in [5.74, 6) is -0.297. The zero-order valence-corrected chi connectivity index (χ0v) is 16.7. The van der Waals surface area contributed by atoms with Crippen LogP contribution in [0.3, 0.4) is 0 Å². The second-order valence-corrected chi connectivity index (χ2v) is 8.40. The van der Waals surface area contributed by atoms with Crippen molar-refractivity contribution in [3.8, 4) is 0 Å². The fraction of sp³-hybridized carbons (Fsp3) is 0.476. The van der Waals surface area contributed by atoms with Crippen LogP contribution in [0.5, 0.6) is 0 Å². The number of aryl methyl sites for hydroxylation is 2. The second-order valence-electron chi connectivity index (χ2n) is 8.40. The molecular formula is C21H24FN5O2. The summed E-state index contributed by atoms with van der Waals surface area (Å²) in [7, 11) is 1.88. The molecule has 0 radical (unpaired) electrons. The number of amides is 3. The number of rotatable bonds is 1. The Morgan fingerprint density at radius 1 is 1.24 bits per heavy atom. The highest BCUT2D eigenvalue weighted by Gasteiger charge is 2.51. The van der Waals surface area contributed by atoms with E-state index in [2.05, 4.69) is 5.32 Å². The van der Waals surface area contributed by atoms with Gasteiger partial charge in [-0.3, -0.25) is 9.48 Å². The third kappa shape index (κ3) is 2.89. The van der Waals surface area contributed by atoms with Crippen LogP contribution in [0.15, 0.2) is 18.2 Å². The molecule has 152 valence electrons. The SMILES string of the molecule is Cc1cc(NC(=O)N2CCc3nn4c(c3C2)C(=O)N(C)C2(CC4)CC2)ccc1F. The van der Waals surface area contributed by atoms with E-state index in [1.165, 1.54) is 6.07 Å². The minimum atomic E-state index is -0.302. The second kappa shape index (κ2) is 6.30. The van der Waals surface area contributed by atoms with Gasteiger partial charge in [0, 0.05) is 43.3 Å².